The third-order valence-corrected chi connectivity index (χ3v) is 4.94. The maximum absolute atomic E-state index is 3.87. The van der Waals surface area contributed by atoms with Gasteiger partial charge in [0.15, 0.2) is 0 Å². The van der Waals surface area contributed by atoms with Crippen molar-refractivity contribution < 1.29 is 0 Å². The zero-order valence-electron chi connectivity index (χ0n) is 15.6. The molecule has 0 bridgehead atoms. The molecule has 0 spiro atoms. The Morgan fingerprint density at radius 3 is 1.91 bits per heavy atom. The Labute approximate surface area is 148 Å². The zero-order chi connectivity index (χ0) is 16.3. The fourth-order valence-electron chi connectivity index (χ4n) is 4.43. The van der Waals surface area contributed by atoms with Crippen LogP contribution in [0, 0.1) is 5.92 Å². The minimum atomic E-state index is -0.120. The van der Waals surface area contributed by atoms with Crippen molar-refractivity contribution in [3.05, 3.63) is 0 Å². The van der Waals surface area contributed by atoms with Crippen LogP contribution >= 0.6 is 0 Å². The highest BCUT2D eigenvalue weighted by Crippen LogP contribution is 2.40. The Morgan fingerprint density at radius 2 is 1.39 bits per heavy atom. The largest absolute Gasteiger partial charge is 0.284 e. The van der Waals surface area contributed by atoms with Gasteiger partial charge >= 0.3 is 0 Å². The quantitative estimate of drug-likeness (QED) is 0.508. The van der Waals surface area contributed by atoms with E-state index in [0.29, 0.717) is 24.2 Å². The number of fused-ring (bicyclic) bond motifs is 1. The van der Waals surface area contributed by atoms with E-state index >= 15 is 0 Å². The summed E-state index contributed by atoms with van der Waals surface area (Å²) in [5.74, 6) is 0.738. The third kappa shape index (κ3) is 5.26. The van der Waals surface area contributed by atoms with Gasteiger partial charge in [0.25, 0.3) is 0 Å². The van der Waals surface area contributed by atoms with Crippen LogP contribution in [0.2, 0.25) is 0 Å². The van der Waals surface area contributed by atoms with Crippen molar-refractivity contribution in [2.45, 2.75) is 110 Å². The Morgan fingerprint density at radius 1 is 0.826 bits per heavy atom. The predicted molar refractivity (Wildman–Crippen MR) is 106 cm³/mol. The van der Waals surface area contributed by atoms with Gasteiger partial charge in [0.1, 0.15) is 5.79 Å². The number of piperidine rings is 1. The van der Waals surface area contributed by atoms with E-state index in [-0.39, 0.29) is 16.8 Å². The first kappa shape index (κ1) is 21.1. The molecule has 1 heterocycles. The third-order valence-electron chi connectivity index (χ3n) is 4.94. The molecule has 5 heteroatoms. The van der Waals surface area contributed by atoms with Gasteiger partial charge in [-0.1, -0.05) is 12.8 Å². The van der Waals surface area contributed by atoms with Crippen LogP contribution in [0.25, 0.3) is 0 Å². The predicted octanol–water partition coefficient (Wildman–Crippen LogP) is 1.75. The molecule has 0 aromatic rings. The van der Waals surface area contributed by atoms with Gasteiger partial charge in [-0.3, -0.25) is 10.6 Å². The Bertz CT molecular complexity index is 336. The lowest BCUT2D eigenvalue weighted by Gasteiger charge is -2.57. The van der Waals surface area contributed by atoms with Gasteiger partial charge in [-0.2, -0.15) is 0 Å². The second-order valence-corrected chi connectivity index (χ2v) is 8.26. The van der Waals surface area contributed by atoms with E-state index in [4.69, 9.17) is 0 Å². The van der Waals surface area contributed by atoms with Gasteiger partial charge in [0, 0.05) is 24.2 Å². The minimum Gasteiger partial charge on any atom is -0.284 e. The monoisotopic (exact) mass is 342 g/mol. The standard InChI is InChI=1S/C18H38N4.H4Si/c1-13(2)19-18(20-14(3)4)12-11-16-9-7-8-10-17(16)22(18)21-15(5)6;/h13-17,19-21H,7-12H2,1-6H3;1H4. The summed E-state index contributed by atoms with van der Waals surface area (Å²) in [4.78, 5) is 0. The summed E-state index contributed by atoms with van der Waals surface area (Å²) < 4.78 is 0. The summed E-state index contributed by atoms with van der Waals surface area (Å²) in [6.45, 7) is 13.5. The van der Waals surface area contributed by atoms with Gasteiger partial charge in [-0.15, -0.1) is 0 Å². The first-order valence-corrected chi connectivity index (χ1v) is 9.45. The van der Waals surface area contributed by atoms with Crippen molar-refractivity contribution in [1.82, 2.24) is 21.1 Å². The molecule has 2 aliphatic rings. The molecule has 2 unspecified atom stereocenters. The van der Waals surface area contributed by atoms with E-state index in [0.717, 1.165) is 5.92 Å². The molecule has 1 saturated heterocycles. The molecule has 2 atom stereocenters. The van der Waals surface area contributed by atoms with Crippen molar-refractivity contribution in [2.24, 2.45) is 5.92 Å². The van der Waals surface area contributed by atoms with Gasteiger partial charge in [0.2, 0.25) is 0 Å². The minimum absolute atomic E-state index is 0. The Kier molecular flexibility index (Phi) is 8.21. The van der Waals surface area contributed by atoms with Crippen LogP contribution in [0.1, 0.15) is 80.1 Å². The summed E-state index contributed by atoms with van der Waals surface area (Å²) in [5.41, 5.74) is 3.79. The normalized spacial score (nSPS) is 28.0. The maximum atomic E-state index is 3.87. The maximum Gasteiger partial charge on any atom is 0.139 e. The van der Waals surface area contributed by atoms with Crippen LogP contribution in [0.15, 0.2) is 0 Å². The lowest BCUT2D eigenvalue weighted by atomic mass is 9.76. The summed E-state index contributed by atoms with van der Waals surface area (Å²) in [6, 6.07) is 2.04. The topological polar surface area (TPSA) is 39.3 Å². The van der Waals surface area contributed by atoms with Crippen LogP contribution < -0.4 is 16.1 Å². The molecule has 0 aromatic carbocycles. The van der Waals surface area contributed by atoms with Crippen molar-refractivity contribution in [3.8, 4) is 0 Å². The summed E-state index contributed by atoms with van der Waals surface area (Å²) in [5, 5.41) is 10.3. The van der Waals surface area contributed by atoms with Crippen LogP contribution in [-0.2, 0) is 0 Å². The molecule has 23 heavy (non-hydrogen) atoms. The average molecular weight is 343 g/mol. The average Bonchev–Trinajstić information content (AvgIpc) is 2.40. The molecule has 138 valence electrons. The molecule has 1 aliphatic heterocycles. The van der Waals surface area contributed by atoms with Gasteiger partial charge in [-0.05, 0) is 84.1 Å². The van der Waals surface area contributed by atoms with Crippen LogP contribution in [-0.4, -0.2) is 45.9 Å². The lowest BCUT2D eigenvalue weighted by Crippen LogP contribution is -2.78. The van der Waals surface area contributed by atoms with Crippen molar-refractivity contribution in [3.63, 3.8) is 0 Å². The number of nitrogens with one attached hydrogen (secondary N) is 3. The van der Waals surface area contributed by atoms with Gasteiger partial charge in [-0.25, -0.2) is 10.4 Å². The highest BCUT2D eigenvalue weighted by Gasteiger charge is 2.48. The van der Waals surface area contributed by atoms with Crippen molar-refractivity contribution >= 4 is 11.0 Å². The highest BCUT2D eigenvalue weighted by molar-refractivity contribution is 5.75. The number of hydrogen-bond acceptors (Lipinski definition) is 4. The molecule has 0 radical (unpaired) electrons. The fourth-order valence-corrected chi connectivity index (χ4v) is 4.43. The molecule has 3 N–H and O–H groups in total. The molecule has 4 nitrogen and oxygen atoms in total. The van der Waals surface area contributed by atoms with E-state index in [1.165, 1.54) is 38.5 Å². The molecule has 0 amide bonds. The summed E-state index contributed by atoms with van der Waals surface area (Å²) in [6.07, 6.45) is 8.02. The SMILES string of the molecule is CC(C)NN1C2CCCCC2CCC1(NC(C)C)NC(C)C.[SiH4]. The summed E-state index contributed by atoms with van der Waals surface area (Å²) >= 11 is 0. The van der Waals surface area contributed by atoms with Gasteiger partial charge < -0.3 is 0 Å². The fraction of sp³-hybridized carbons (Fsp3) is 1.00. The Hall–Kier alpha value is 0.0569. The summed E-state index contributed by atoms with van der Waals surface area (Å²) in [7, 11) is 0. The molecular formula is C18H42N4Si. The van der Waals surface area contributed by atoms with Crippen molar-refractivity contribution in [1.29, 1.82) is 0 Å². The van der Waals surface area contributed by atoms with E-state index < -0.39 is 0 Å². The first-order valence-electron chi connectivity index (χ1n) is 9.45. The second-order valence-electron chi connectivity index (χ2n) is 8.26. The van der Waals surface area contributed by atoms with Gasteiger partial charge in [0.05, 0.1) is 0 Å². The molecule has 2 fully saturated rings. The van der Waals surface area contributed by atoms with E-state index in [1.54, 1.807) is 0 Å². The molecule has 0 aromatic heterocycles. The van der Waals surface area contributed by atoms with Crippen LogP contribution in [0.5, 0.6) is 0 Å². The van der Waals surface area contributed by atoms with Crippen LogP contribution in [0.3, 0.4) is 0 Å². The Balaban J connectivity index is 0.00000264. The van der Waals surface area contributed by atoms with Crippen molar-refractivity contribution in [2.75, 3.05) is 0 Å². The van der Waals surface area contributed by atoms with E-state index in [9.17, 15) is 0 Å². The second kappa shape index (κ2) is 8.95. The van der Waals surface area contributed by atoms with E-state index in [2.05, 4.69) is 62.6 Å². The first-order chi connectivity index (χ1) is 10.3. The smallest absolute Gasteiger partial charge is 0.139 e. The zero-order valence-corrected chi connectivity index (χ0v) is 15.6. The number of nitrogens with zero attached hydrogens (tertiary/aromatic N) is 1. The number of hydrazine groups is 1. The number of hydrogen-bond donors (Lipinski definition) is 3. The lowest BCUT2D eigenvalue weighted by molar-refractivity contribution is -0.132. The molecule has 2 rings (SSSR count). The molecule has 1 aliphatic carbocycles. The molecule has 1 saturated carbocycles. The van der Waals surface area contributed by atoms with Crippen LogP contribution in [0.4, 0.5) is 0 Å². The molecular weight excluding hydrogens is 300 g/mol. The number of rotatable bonds is 6. The van der Waals surface area contributed by atoms with E-state index in [1.807, 2.05) is 0 Å². The highest BCUT2D eigenvalue weighted by atomic mass is 28.1.